The van der Waals surface area contributed by atoms with Gasteiger partial charge in [0.2, 0.25) is 0 Å². The molecule has 0 aliphatic rings. The van der Waals surface area contributed by atoms with Crippen LogP contribution in [0.2, 0.25) is 0 Å². The largest absolute Gasteiger partial charge is 0.264 e. The van der Waals surface area contributed by atoms with Crippen molar-refractivity contribution in [2.24, 2.45) is 0 Å². The Bertz CT molecular complexity index is 468. The zero-order chi connectivity index (χ0) is 12.3. The van der Waals surface area contributed by atoms with Gasteiger partial charge in [-0.1, -0.05) is 48.6 Å². The highest BCUT2D eigenvalue weighted by Crippen LogP contribution is 2.42. The molecule has 0 amide bonds. The molecule has 0 aromatic carbocycles. The summed E-state index contributed by atoms with van der Waals surface area (Å²) in [5.41, 5.74) is 2.54. The zero-order valence-corrected chi connectivity index (χ0v) is 12.1. The van der Waals surface area contributed by atoms with E-state index in [1.165, 1.54) is 11.1 Å². The quantitative estimate of drug-likeness (QED) is 0.626. The summed E-state index contributed by atoms with van der Waals surface area (Å²) in [7, 11) is 0. The standard InChI is InChI=1S/C14H15IN2/c1-14(2,12-6-4-8-17-10-12)13(15)11-5-3-7-16-9-11/h3-10,13H,1-2H3/t13-/m1/s1. The SMILES string of the molecule is CC(C)(c1cccnc1)[C@H](I)c1cccnc1. The number of hydrogen-bond acceptors (Lipinski definition) is 2. The smallest absolute Gasteiger partial charge is 0.0466 e. The van der Waals surface area contributed by atoms with Crippen LogP contribution in [0.25, 0.3) is 0 Å². The lowest BCUT2D eigenvalue weighted by atomic mass is 9.80. The molecule has 2 aromatic rings. The molecule has 0 saturated carbocycles. The molecule has 0 bridgehead atoms. The maximum atomic E-state index is 4.21. The summed E-state index contributed by atoms with van der Waals surface area (Å²) in [6, 6.07) is 8.24. The Morgan fingerprint density at radius 1 is 1.06 bits per heavy atom. The van der Waals surface area contributed by atoms with Crippen molar-refractivity contribution in [2.75, 3.05) is 0 Å². The molecule has 0 aliphatic heterocycles. The van der Waals surface area contributed by atoms with Gasteiger partial charge in [0.05, 0.1) is 0 Å². The van der Waals surface area contributed by atoms with Crippen molar-refractivity contribution in [3.63, 3.8) is 0 Å². The first kappa shape index (κ1) is 12.5. The second-order valence-electron chi connectivity index (χ2n) is 4.61. The molecule has 88 valence electrons. The van der Waals surface area contributed by atoms with Crippen LogP contribution < -0.4 is 0 Å². The van der Waals surface area contributed by atoms with Crippen LogP contribution in [0.1, 0.15) is 28.9 Å². The maximum absolute atomic E-state index is 4.21. The molecule has 2 nitrogen and oxygen atoms in total. The number of nitrogens with zero attached hydrogens (tertiary/aromatic N) is 2. The van der Waals surface area contributed by atoms with Crippen LogP contribution in [0.3, 0.4) is 0 Å². The summed E-state index contributed by atoms with van der Waals surface area (Å²) in [5, 5.41) is 0. The fourth-order valence-electron chi connectivity index (χ4n) is 1.83. The van der Waals surface area contributed by atoms with Crippen LogP contribution in [0.15, 0.2) is 49.1 Å². The van der Waals surface area contributed by atoms with Crippen LogP contribution in [0.4, 0.5) is 0 Å². The highest BCUT2D eigenvalue weighted by Gasteiger charge is 2.30. The third kappa shape index (κ3) is 2.65. The molecule has 2 aromatic heterocycles. The van der Waals surface area contributed by atoms with E-state index < -0.39 is 0 Å². The van der Waals surface area contributed by atoms with E-state index >= 15 is 0 Å². The second kappa shape index (κ2) is 5.12. The lowest BCUT2D eigenvalue weighted by molar-refractivity contribution is 0.523. The molecular weight excluding hydrogens is 323 g/mol. The first-order valence-corrected chi connectivity index (χ1v) is 6.81. The van der Waals surface area contributed by atoms with Crippen LogP contribution >= 0.6 is 22.6 Å². The minimum Gasteiger partial charge on any atom is -0.264 e. The van der Waals surface area contributed by atoms with E-state index in [2.05, 4.69) is 58.5 Å². The number of alkyl halides is 1. The topological polar surface area (TPSA) is 25.8 Å². The Kier molecular flexibility index (Phi) is 3.76. The molecule has 0 saturated heterocycles. The summed E-state index contributed by atoms with van der Waals surface area (Å²) in [6.45, 7) is 4.49. The highest BCUT2D eigenvalue weighted by atomic mass is 127. The molecule has 1 atom stereocenters. The highest BCUT2D eigenvalue weighted by molar-refractivity contribution is 14.1. The van der Waals surface area contributed by atoms with Gasteiger partial charge >= 0.3 is 0 Å². The number of aromatic nitrogens is 2. The predicted molar refractivity (Wildman–Crippen MR) is 78.3 cm³/mol. The first-order valence-electron chi connectivity index (χ1n) is 5.57. The third-order valence-corrected chi connectivity index (χ3v) is 5.29. The molecule has 0 unspecified atom stereocenters. The second-order valence-corrected chi connectivity index (χ2v) is 5.86. The van der Waals surface area contributed by atoms with Gasteiger partial charge < -0.3 is 0 Å². The Morgan fingerprint density at radius 2 is 1.71 bits per heavy atom. The molecule has 0 fully saturated rings. The molecule has 3 heteroatoms. The van der Waals surface area contributed by atoms with Gasteiger partial charge in [0.25, 0.3) is 0 Å². The number of halogens is 1. The van der Waals surface area contributed by atoms with E-state index in [1.807, 2.05) is 36.9 Å². The zero-order valence-electron chi connectivity index (χ0n) is 9.97. The normalized spacial score (nSPS) is 13.4. The number of hydrogen-bond donors (Lipinski definition) is 0. The lowest BCUT2D eigenvalue weighted by Crippen LogP contribution is -2.23. The van der Waals surface area contributed by atoms with Gasteiger partial charge in [-0.05, 0) is 23.3 Å². The van der Waals surface area contributed by atoms with Gasteiger partial charge in [0, 0.05) is 34.1 Å². The molecule has 17 heavy (non-hydrogen) atoms. The van der Waals surface area contributed by atoms with Crippen LogP contribution in [-0.4, -0.2) is 9.97 Å². The van der Waals surface area contributed by atoms with Gasteiger partial charge in [-0.15, -0.1) is 0 Å². The van der Waals surface area contributed by atoms with E-state index in [1.54, 1.807) is 0 Å². The van der Waals surface area contributed by atoms with Crippen LogP contribution in [-0.2, 0) is 5.41 Å². The fourth-order valence-corrected chi connectivity index (χ4v) is 2.56. The lowest BCUT2D eigenvalue weighted by Gasteiger charge is -2.30. The van der Waals surface area contributed by atoms with Gasteiger partial charge in [-0.2, -0.15) is 0 Å². The average Bonchev–Trinajstić information content (AvgIpc) is 2.40. The Morgan fingerprint density at radius 3 is 2.24 bits per heavy atom. The van der Waals surface area contributed by atoms with Gasteiger partial charge in [-0.3, -0.25) is 9.97 Å². The monoisotopic (exact) mass is 338 g/mol. The van der Waals surface area contributed by atoms with Gasteiger partial charge in [0.15, 0.2) is 0 Å². The van der Waals surface area contributed by atoms with Crippen molar-refractivity contribution < 1.29 is 0 Å². The first-order chi connectivity index (χ1) is 8.12. The van der Waals surface area contributed by atoms with Crippen molar-refractivity contribution in [3.8, 4) is 0 Å². The Balaban J connectivity index is 2.33. The van der Waals surface area contributed by atoms with Crippen LogP contribution in [0.5, 0.6) is 0 Å². The molecule has 2 rings (SSSR count). The average molecular weight is 338 g/mol. The van der Waals surface area contributed by atoms with E-state index in [-0.39, 0.29) is 5.41 Å². The van der Waals surface area contributed by atoms with Crippen molar-refractivity contribution in [1.29, 1.82) is 0 Å². The number of pyridine rings is 2. The fraction of sp³-hybridized carbons (Fsp3) is 0.286. The van der Waals surface area contributed by atoms with Gasteiger partial charge in [-0.25, -0.2) is 0 Å². The molecule has 0 spiro atoms. The molecule has 0 N–H and O–H groups in total. The van der Waals surface area contributed by atoms with Crippen molar-refractivity contribution in [3.05, 3.63) is 60.2 Å². The summed E-state index contributed by atoms with van der Waals surface area (Å²) in [5.74, 6) is 0. The third-order valence-electron chi connectivity index (χ3n) is 3.02. The molecule has 0 radical (unpaired) electrons. The van der Waals surface area contributed by atoms with Gasteiger partial charge in [0.1, 0.15) is 0 Å². The van der Waals surface area contributed by atoms with E-state index in [0.717, 1.165) is 0 Å². The van der Waals surface area contributed by atoms with Crippen molar-refractivity contribution >= 4 is 22.6 Å². The maximum Gasteiger partial charge on any atom is 0.0466 e. The van der Waals surface area contributed by atoms with E-state index in [4.69, 9.17) is 0 Å². The molecule has 2 heterocycles. The predicted octanol–water partition coefficient (Wildman–Crippen LogP) is 3.93. The molecule has 0 aliphatic carbocycles. The minimum atomic E-state index is 0.0395. The summed E-state index contributed by atoms with van der Waals surface area (Å²) < 4.78 is 0.373. The van der Waals surface area contributed by atoms with Crippen molar-refractivity contribution in [1.82, 2.24) is 9.97 Å². The summed E-state index contributed by atoms with van der Waals surface area (Å²) in [6.07, 6.45) is 7.51. The summed E-state index contributed by atoms with van der Waals surface area (Å²) in [4.78, 5) is 8.40. The van der Waals surface area contributed by atoms with E-state index in [9.17, 15) is 0 Å². The van der Waals surface area contributed by atoms with E-state index in [0.29, 0.717) is 3.92 Å². The summed E-state index contributed by atoms with van der Waals surface area (Å²) >= 11 is 2.49. The minimum absolute atomic E-state index is 0.0395. The molecular formula is C14H15IN2. The van der Waals surface area contributed by atoms with Crippen LogP contribution in [0, 0.1) is 0 Å². The van der Waals surface area contributed by atoms with Crippen molar-refractivity contribution in [2.45, 2.75) is 23.2 Å². The Hall–Kier alpha value is -0.970. The number of rotatable bonds is 3. The Labute approximate surface area is 116 Å².